The largest absolute Gasteiger partial charge is 0.492 e. The van der Waals surface area contributed by atoms with Crippen LogP contribution < -0.4 is 0 Å². The number of rotatable bonds is 10. The molecule has 1 aliphatic rings. The summed E-state index contributed by atoms with van der Waals surface area (Å²) in [7, 11) is 2.89. The van der Waals surface area contributed by atoms with E-state index in [1.54, 1.807) is 6.20 Å². The molecule has 0 saturated heterocycles. The van der Waals surface area contributed by atoms with Gasteiger partial charge in [-0.25, -0.2) is 0 Å². The van der Waals surface area contributed by atoms with Gasteiger partial charge in [0.2, 0.25) is 11.6 Å². The summed E-state index contributed by atoms with van der Waals surface area (Å²) in [5.74, 6) is -0.511. The molecule has 45 heavy (non-hydrogen) atoms. The smallest absolute Gasteiger partial charge is 0.232 e. The number of aromatic nitrogens is 2. The summed E-state index contributed by atoms with van der Waals surface area (Å²) in [5.41, 5.74) is 8.90. The number of carbonyl (C=O) groups excluding carboxylic acids is 2. The lowest BCUT2D eigenvalue weighted by atomic mass is 9.84. The summed E-state index contributed by atoms with van der Waals surface area (Å²) < 4.78 is 11.6. The van der Waals surface area contributed by atoms with Gasteiger partial charge in [0.25, 0.3) is 0 Å². The number of ether oxygens (including phenoxy) is 2. The number of carbonyl (C=O) groups is 2. The van der Waals surface area contributed by atoms with Gasteiger partial charge in [-0.2, -0.15) is 0 Å². The summed E-state index contributed by atoms with van der Waals surface area (Å²) >= 11 is 0. The summed E-state index contributed by atoms with van der Waals surface area (Å²) in [5, 5.41) is 1.69. The number of Topliss-reactive ketones (excluding diaryl/α,β-unsaturated/α-hetero) is 2. The maximum Gasteiger partial charge on any atom is 0.232 e. The molecule has 0 spiro atoms. The van der Waals surface area contributed by atoms with Gasteiger partial charge in [-0.3, -0.25) is 9.59 Å². The molecule has 232 valence electrons. The van der Waals surface area contributed by atoms with E-state index in [2.05, 4.69) is 68.0 Å². The lowest BCUT2D eigenvalue weighted by molar-refractivity contribution is -0.117. The van der Waals surface area contributed by atoms with Crippen molar-refractivity contribution in [2.45, 2.75) is 54.4 Å². The fraction of sp³-hybridized carbons (Fsp3) is 0.282. The third kappa shape index (κ3) is 5.73. The molecule has 0 saturated carbocycles. The Bertz CT molecular complexity index is 1970. The average Bonchev–Trinajstić information content (AvgIpc) is 3.63. The van der Waals surface area contributed by atoms with Crippen molar-refractivity contribution in [1.29, 1.82) is 0 Å². The van der Waals surface area contributed by atoms with E-state index in [1.807, 2.05) is 44.2 Å². The van der Waals surface area contributed by atoms with Crippen LogP contribution in [0.1, 0.15) is 69.5 Å². The molecule has 4 aromatic rings. The first-order chi connectivity index (χ1) is 21.6. The zero-order chi connectivity index (χ0) is 32.4. The number of ketones is 2. The van der Waals surface area contributed by atoms with Gasteiger partial charge in [-0.15, -0.1) is 0 Å². The molecule has 2 aromatic carbocycles. The maximum absolute atomic E-state index is 14.6. The van der Waals surface area contributed by atoms with Crippen LogP contribution in [0.25, 0.3) is 39.0 Å². The van der Waals surface area contributed by atoms with Crippen molar-refractivity contribution in [2.75, 3.05) is 14.2 Å². The molecule has 2 heterocycles. The van der Waals surface area contributed by atoms with E-state index in [1.165, 1.54) is 25.4 Å². The number of benzene rings is 2. The highest BCUT2D eigenvalue weighted by atomic mass is 16.5. The van der Waals surface area contributed by atoms with Crippen molar-refractivity contribution in [3.05, 3.63) is 111 Å². The van der Waals surface area contributed by atoms with E-state index in [9.17, 15) is 9.59 Å². The summed E-state index contributed by atoms with van der Waals surface area (Å²) in [4.78, 5) is 36.0. The number of hydrogen-bond donors (Lipinski definition) is 2. The molecule has 0 unspecified atom stereocenters. The number of fused-ring (bicyclic) bond motifs is 2. The second-order valence-corrected chi connectivity index (χ2v) is 12.0. The summed E-state index contributed by atoms with van der Waals surface area (Å²) in [6.45, 7) is 12.4. The number of para-hydroxylation sites is 2. The number of allylic oxidation sites excluding steroid dienone is 7. The van der Waals surface area contributed by atoms with Crippen LogP contribution in [-0.2, 0) is 31.9 Å². The molecule has 0 fully saturated rings. The Morgan fingerprint density at radius 2 is 1.36 bits per heavy atom. The SMILES string of the molecule is CC=C(C)Cc1cccc2c(C3=C(OC)C(=O)C(c4c(C=CC(C)C)[nH]c5c(CC(C)=CC)cccc45)=C(OC)C3=O)c[nH]c12. The molecule has 2 aromatic heterocycles. The van der Waals surface area contributed by atoms with Crippen molar-refractivity contribution < 1.29 is 19.1 Å². The van der Waals surface area contributed by atoms with Crippen molar-refractivity contribution in [1.82, 2.24) is 9.97 Å². The van der Waals surface area contributed by atoms with Crippen LogP contribution in [-0.4, -0.2) is 35.8 Å². The fourth-order valence-electron chi connectivity index (χ4n) is 6.03. The summed E-state index contributed by atoms with van der Waals surface area (Å²) in [6.07, 6.45) is 11.6. The van der Waals surface area contributed by atoms with Gasteiger partial charge in [0.05, 0.1) is 30.9 Å². The molecular weight excluding hydrogens is 560 g/mol. The number of methoxy groups -OCH3 is 2. The highest BCUT2D eigenvalue weighted by Gasteiger charge is 2.40. The number of nitrogens with one attached hydrogen (secondary N) is 2. The molecule has 0 radical (unpaired) electrons. The van der Waals surface area contributed by atoms with Crippen LogP contribution in [0.3, 0.4) is 0 Å². The minimum Gasteiger partial charge on any atom is -0.492 e. The van der Waals surface area contributed by atoms with Gasteiger partial charge in [-0.1, -0.05) is 79.6 Å². The van der Waals surface area contributed by atoms with Gasteiger partial charge >= 0.3 is 0 Å². The maximum atomic E-state index is 14.6. The average molecular weight is 603 g/mol. The highest BCUT2D eigenvalue weighted by molar-refractivity contribution is 6.48. The molecule has 0 aliphatic heterocycles. The Labute approximate surface area is 265 Å². The fourth-order valence-corrected chi connectivity index (χ4v) is 6.03. The van der Waals surface area contributed by atoms with Gasteiger partial charge < -0.3 is 19.4 Å². The number of hydrogen-bond acceptors (Lipinski definition) is 4. The minimum absolute atomic E-state index is 0.000733. The van der Waals surface area contributed by atoms with Gasteiger partial charge in [-0.05, 0) is 63.7 Å². The Balaban J connectivity index is 1.75. The lowest BCUT2D eigenvalue weighted by Crippen LogP contribution is -2.25. The second kappa shape index (κ2) is 13.0. The standard InChI is InChI=1S/C39H42N2O4/c1-9-23(5)19-25-13-11-15-27-29(21-40-34(25)27)32-36(42)39(45-8)33(37(43)38(32)44-7)31-28-16-12-14-26(20-24(6)10-2)35(28)41-30(31)18-17-22(3)4/h9-18,21-22,40-41H,19-20H2,1-8H3. The molecule has 1 aliphatic carbocycles. The van der Waals surface area contributed by atoms with Crippen molar-refractivity contribution in [3.8, 4) is 0 Å². The predicted octanol–water partition coefficient (Wildman–Crippen LogP) is 8.90. The zero-order valence-electron chi connectivity index (χ0n) is 27.5. The first-order valence-electron chi connectivity index (χ1n) is 15.5. The van der Waals surface area contributed by atoms with Crippen molar-refractivity contribution >= 4 is 50.6 Å². The van der Waals surface area contributed by atoms with Crippen LogP contribution >= 0.6 is 0 Å². The lowest BCUT2D eigenvalue weighted by Gasteiger charge is -2.22. The van der Waals surface area contributed by atoms with Crippen LogP contribution in [0.4, 0.5) is 0 Å². The third-order valence-corrected chi connectivity index (χ3v) is 8.57. The molecule has 0 atom stereocenters. The Morgan fingerprint density at radius 1 is 0.800 bits per heavy atom. The van der Waals surface area contributed by atoms with Crippen LogP contribution in [0.5, 0.6) is 0 Å². The molecule has 0 bridgehead atoms. The van der Waals surface area contributed by atoms with Crippen molar-refractivity contribution in [3.63, 3.8) is 0 Å². The Hall–Kier alpha value is -4.84. The van der Waals surface area contributed by atoms with Crippen molar-refractivity contribution in [2.24, 2.45) is 5.92 Å². The monoisotopic (exact) mass is 602 g/mol. The molecular formula is C39H42N2O4. The molecule has 6 nitrogen and oxygen atoms in total. The van der Waals surface area contributed by atoms with Gasteiger partial charge in [0.1, 0.15) is 0 Å². The molecule has 6 heteroatoms. The number of aromatic amines is 2. The van der Waals surface area contributed by atoms with Crippen LogP contribution in [0.15, 0.2) is 83.5 Å². The minimum atomic E-state index is -0.394. The molecule has 2 N–H and O–H groups in total. The third-order valence-electron chi connectivity index (χ3n) is 8.57. The highest BCUT2D eigenvalue weighted by Crippen LogP contribution is 2.43. The topological polar surface area (TPSA) is 84.2 Å². The Morgan fingerprint density at radius 3 is 1.93 bits per heavy atom. The first-order valence-corrected chi connectivity index (χ1v) is 15.5. The van der Waals surface area contributed by atoms with Gasteiger partial charge in [0.15, 0.2) is 11.5 Å². The molecule has 0 amide bonds. The van der Waals surface area contributed by atoms with E-state index in [0.29, 0.717) is 11.1 Å². The van der Waals surface area contributed by atoms with E-state index in [0.717, 1.165) is 51.5 Å². The van der Waals surface area contributed by atoms with Gasteiger partial charge in [0, 0.05) is 39.3 Å². The van der Waals surface area contributed by atoms with E-state index < -0.39 is 11.6 Å². The molecule has 5 rings (SSSR count). The first kappa shape index (κ1) is 31.6. The van der Waals surface area contributed by atoms with E-state index in [4.69, 9.17) is 9.47 Å². The van der Waals surface area contributed by atoms with E-state index >= 15 is 0 Å². The van der Waals surface area contributed by atoms with Crippen LogP contribution in [0.2, 0.25) is 0 Å². The number of H-pyrrole nitrogens is 2. The van der Waals surface area contributed by atoms with E-state index in [-0.39, 0.29) is 28.6 Å². The normalized spacial score (nSPS) is 15.1. The second-order valence-electron chi connectivity index (χ2n) is 12.0. The zero-order valence-corrected chi connectivity index (χ0v) is 27.5. The summed E-state index contributed by atoms with van der Waals surface area (Å²) in [6, 6.07) is 12.1. The quantitative estimate of drug-likeness (QED) is 0.140. The Kier molecular flexibility index (Phi) is 9.14. The predicted molar refractivity (Wildman–Crippen MR) is 185 cm³/mol. The van der Waals surface area contributed by atoms with Crippen LogP contribution in [0, 0.1) is 5.92 Å².